The van der Waals surface area contributed by atoms with E-state index in [-0.39, 0.29) is 12.1 Å². The van der Waals surface area contributed by atoms with E-state index < -0.39 is 0 Å². The molecule has 9 nitrogen and oxygen atoms in total. The third-order valence-corrected chi connectivity index (χ3v) is 3.66. The average Bonchev–Trinajstić information content (AvgIpc) is 3.05. The van der Waals surface area contributed by atoms with Crippen LogP contribution in [0.1, 0.15) is 6.92 Å². The first kappa shape index (κ1) is 15.1. The standard InChI is InChI=1S/C14H18N6O3/c1-2-23-14(22)19-8-6-18(7-9-19)13(21)16-11-4-3-5-20-10-15-17-12(11)20/h3-5,10H,2,6-9H2,1H3,(H,16,21). The maximum Gasteiger partial charge on any atom is 0.409 e. The maximum atomic E-state index is 12.4. The minimum absolute atomic E-state index is 0.218. The van der Waals surface area contributed by atoms with Crippen molar-refractivity contribution in [1.82, 2.24) is 24.4 Å². The van der Waals surface area contributed by atoms with Crippen LogP contribution in [0.15, 0.2) is 24.7 Å². The molecule has 2 aromatic rings. The van der Waals surface area contributed by atoms with Crippen LogP contribution in [-0.4, -0.2) is 69.3 Å². The molecule has 2 aromatic heterocycles. The summed E-state index contributed by atoms with van der Waals surface area (Å²) in [4.78, 5) is 27.3. The van der Waals surface area contributed by atoms with Crippen molar-refractivity contribution < 1.29 is 14.3 Å². The van der Waals surface area contributed by atoms with Crippen LogP contribution >= 0.6 is 0 Å². The maximum absolute atomic E-state index is 12.4. The van der Waals surface area contributed by atoms with Gasteiger partial charge in [0.25, 0.3) is 0 Å². The molecule has 1 aliphatic rings. The van der Waals surface area contributed by atoms with E-state index >= 15 is 0 Å². The van der Waals surface area contributed by atoms with Crippen LogP contribution in [0.5, 0.6) is 0 Å². The molecule has 3 amide bonds. The molecule has 0 radical (unpaired) electrons. The monoisotopic (exact) mass is 318 g/mol. The zero-order valence-corrected chi connectivity index (χ0v) is 12.8. The molecule has 3 heterocycles. The van der Waals surface area contributed by atoms with Gasteiger partial charge >= 0.3 is 12.1 Å². The topological polar surface area (TPSA) is 92.1 Å². The Morgan fingerprint density at radius 3 is 2.74 bits per heavy atom. The Morgan fingerprint density at radius 2 is 2.00 bits per heavy atom. The SMILES string of the molecule is CCOC(=O)N1CCN(C(=O)Nc2cccn3cnnc23)CC1. The molecular formula is C14H18N6O3. The molecule has 0 unspecified atom stereocenters. The van der Waals surface area contributed by atoms with Crippen LogP contribution < -0.4 is 5.32 Å². The molecule has 0 bridgehead atoms. The highest BCUT2D eigenvalue weighted by molar-refractivity contribution is 5.93. The number of urea groups is 1. The van der Waals surface area contributed by atoms with E-state index in [9.17, 15) is 9.59 Å². The lowest BCUT2D eigenvalue weighted by atomic mass is 10.3. The van der Waals surface area contributed by atoms with Gasteiger partial charge in [-0.3, -0.25) is 4.40 Å². The summed E-state index contributed by atoms with van der Waals surface area (Å²) in [6, 6.07) is 3.37. The molecular weight excluding hydrogens is 300 g/mol. The molecule has 1 N–H and O–H groups in total. The molecule has 3 rings (SSSR count). The van der Waals surface area contributed by atoms with Crippen molar-refractivity contribution in [1.29, 1.82) is 0 Å². The van der Waals surface area contributed by atoms with Gasteiger partial charge in [0, 0.05) is 32.4 Å². The number of carbonyl (C=O) groups excluding carboxylic acids is 2. The van der Waals surface area contributed by atoms with E-state index in [0.717, 1.165) is 0 Å². The molecule has 9 heteroatoms. The summed E-state index contributed by atoms with van der Waals surface area (Å²) in [5.41, 5.74) is 1.19. The Bertz CT molecular complexity index is 707. The molecule has 0 saturated carbocycles. The Morgan fingerprint density at radius 1 is 1.26 bits per heavy atom. The van der Waals surface area contributed by atoms with Crippen LogP contribution in [0, 0.1) is 0 Å². The number of nitrogens with zero attached hydrogens (tertiary/aromatic N) is 5. The smallest absolute Gasteiger partial charge is 0.409 e. The third-order valence-electron chi connectivity index (χ3n) is 3.66. The number of pyridine rings is 1. The number of nitrogens with one attached hydrogen (secondary N) is 1. The first-order valence-corrected chi connectivity index (χ1v) is 7.45. The summed E-state index contributed by atoms with van der Waals surface area (Å²) >= 11 is 0. The predicted molar refractivity (Wildman–Crippen MR) is 82.2 cm³/mol. The molecule has 122 valence electrons. The van der Waals surface area contributed by atoms with E-state index in [1.165, 1.54) is 0 Å². The number of anilines is 1. The molecule has 0 spiro atoms. The van der Waals surface area contributed by atoms with E-state index in [1.807, 2.05) is 12.3 Å². The van der Waals surface area contributed by atoms with Crippen molar-refractivity contribution in [3.63, 3.8) is 0 Å². The van der Waals surface area contributed by atoms with Crippen LogP contribution in [-0.2, 0) is 4.74 Å². The van der Waals surface area contributed by atoms with Gasteiger partial charge < -0.3 is 19.9 Å². The number of hydrogen-bond acceptors (Lipinski definition) is 5. The van der Waals surface area contributed by atoms with Gasteiger partial charge in [-0.2, -0.15) is 0 Å². The van der Waals surface area contributed by atoms with Crippen molar-refractivity contribution in [2.75, 3.05) is 38.1 Å². The van der Waals surface area contributed by atoms with Crippen molar-refractivity contribution >= 4 is 23.5 Å². The second-order valence-corrected chi connectivity index (χ2v) is 5.09. The second kappa shape index (κ2) is 6.51. The van der Waals surface area contributed by atoms with Crippen LogP contribution in [0.2, 0.25) is 0 Å². The van der Waals surface area contributed by atoms with Gasteiger partial charge in [0.1, 0.15) is 6.33 Å². The van der Waals surface area contributed by atoms with Crippen molar-refractivity contribution in [3.05, 3.63) is 24.7 Å². The van der Waals surface area contributed by atoms with Crippen LogP contribution in [0.4, 0.5) is 15.3 Å². The van der Waals surface area contributed by atoms with Crippen LogP contribution in [0.3, 0.4) is 0 Å². The number of aromatic nitrogens is 3. The van der Waals surface area contributed by atoms with Crippen molar-refractivity contribution in [3.8, 4) is 0 Å². The Hall–Kier alpha value is -2.84. The van der Waals surface area contributed by atoms with Gasteiger partial charge in [-0.15, -0.1) is 10.2 Å². The average molecular weight is 318 g/mol. The van der Waals surface area contributed by atoms with Gasteiger partial charge in [-0.25, -0.2) is 9.59 Å². The lowest BCUT2D eigenvalue weighted by molar-refractivity contribution is 0.0869. The number of carbonyl (C=O) groups is 2. The zero-order valence-electron chi connectivity index (χ0n) is 12.8. The normalized spacial score (nSPS) is 14.8. The highest BCUT2D eigenvalue weighted by Gasteiger charge is 2.25. The lowest BCUT2D eigenvalue weighted by Gasteiger charge is -2.33. The number of ether oxygens (including phenoxy) is 1. The Kier molecular flexibility index (Phi) is 4.26. The first-order valence-electron chi connectivity index (χ1n) is 7.45. The second-order valence-electron chi connectivity index (χ2n) is 5.09. The van der Waals surface area contributed by atoms with E-state index in [0.29, 0.717) is 44.1 Å². The van der Waals surface area contributed by atoms with Crippen LogP contribution in [0.25, 0.3) is 5.65 Å². The summed E-state index contributed by atoms with van der Waals surface area (Å²) < 4.78 is 6.69. The first-order chi connectivity index (χ1) is 11.2. The summed E-state index contributed by atoms with van der Waals surface area (Å²) in [5, 5.41) is 10.6. The fourth-order valence-electron chi connectivity index (χ4n) is 2.45. The summed E-state index contributed by atoms with van der Waals surface area (Å²) in [6.45, 7) is 3.96. The minimum Gasteiger partial charge on any atom is -0.450 e. The van der Waals surface area contributed by atoms with E-state index in [1.54, 1.807) is 33.5 Å². The minimum atomic E-state index is -0.333. The number of hydrogen-bond donors (Lipinski definition) is 1. The highest BCUT2D eigenvalue weighted by Crippen LogP contribution is 2.15. The molecule has 1 saturated heterocycles. The zero-order chi connectivity index (χ0) is 16.2. The molecule has 1 fully saturated rings. The molecule has 0 aromatic carbocycles. The summed E-state index contributed by atoms with van der Waals surface area (Å²) in [7, 11) is 0. The fourth-order valence-corrected chi connectivity index (χ4v) is 2.45. The van der Waals surface area contributed by atoms with Crippen molar-refractivity contribution in [2.45, 2.75) is 6.92 Å². The number of rotatable bonds is 2. The quantitative estimate of drug-likeness (QED) is 0.893. The Labute approximate surface area is 132 Å². The Balaban J connectivity index is 1.60. The van der Waals surface area contributed by atoms with E-state index in [2.05, 4.69) is 15.5 Å². The molecule has 0 atom stereocenters. The van der Waals surface area contributed by atoms with Gasteiger partial charge in [0.05, 0.1) is 12.3 Å². The molecule has 23 heavy (non-hydrogen) atoms. The van der Waals surface area contributed by atoms with Crippen molar-refractivity contribution in [2.24, 2.45) is 0 Å². The lowest BCUT2D eigenvalue weighted by Crippen LogP contribution is -2.51. The summed E-state index contributed by atoms with van der Waals surface area (Å²) in [6.07, 6.45) is 3.05. The summed E-state index contributed by atoms with van der Waals surface area (Å²) in [5.74, 6) is 0. The van der Waals surface area contributed by atoms with Gasteiger partial charge in [-0.1, -0.05) is 0 Å². The predicted octanol–water partition coefficient (Wildman–Crippen LogP) is 1.04. The highest BCUT2D eigenvalue weighted by atomic mass is 16.6. The number of piperazine rings is 1. The number of fused-ring (bicyclic) bond motifs is 1. The van der Waals surface area contributed by atoms with Gasteiger partial charge in [0.2, 0.25) is 0 Å². The third kappa shape index (κ3) is 3.17. The fraction of sp³-hybridized carbons (Fsp3) is 0.429. The molecule has 1 aliphatic heterocycles. The largest absolute Gasteiger partial charge is 0.450 e. The van der Waals surface area contributed by atoms with Gasteiger partial charge in [0.15, 0.2) is 5.65 Å². The number of amides is 3. The molecule has 0 aliphatic carbocycles. The van der Waals surface area contributed by atoms with Gasteiger partial charge in [-0.05, 0) is 19.1 Å². The van der Waals surface area contributed by atoms with E-state index in [4.69, 9.17) is 4.74 Å².